The van der Waals surface area contributed by atoms with Crippen molar-refractivity contribution in [2.24, 2.45) is 0 Å². The number of carbonyl (C=O) groups is 1. The number of rotatable bonds is 3. The fourth-order valence-corrected chi connectivity index (χ4v) is 3.44. The molecule has 128 valence electrons. The first-order chi connectivity index (χ1) is 12.2. The first-order valence-electron chi connectivity index (χ1n) is 8.69. The van der Waals surface area contributed by atoms with Crippen molar-refractivity contribution >= 4 is 11.6 Å². The van der Waals surface area contributed by atoms with Crippen LogP contribution in [0.2, 0.25) is 0 Å². The van der Waals surface area contributed by atoms with Crippen molar-refractivity contribution in [1.29, 1.82) is 0 Å². The van der Waals surface area contributed by atoms with Crippen molar-refractivity contribution in [3.63, 3.8) is 0 Å². The van der Waals surface area contributed by atoms with E-state index in [2.05, 4.69) is 15.4 Å². The molecular weight excluding hydrogens is 316 g/mol. The van der Waals surface area contributed by atoms with Crippen LogP contribution in [0.5, 0.6) is 0 Å². The third kappa shape index (κ3) is 3.20. The van der Waals surface area contributed by atoms with Gasteiger partial charge in [0.15, 0.2) is 5.65 Å². The van der Waals surface area contributed by atoms with E-state index in [-0.39, 0.29) is 17.5 Å². The van der Waals surface area contributed by atoms with Crippen molar-refractivity contribution in [2.45, 2.75) is 38.1 Å². The standard InChI is InChI=1S/C19H20N4O2/c24-18-10-9-17-20-12-16(23(17)22-18)13-5-4-6-14(11-13)19(25)21-15-7-2-1-3-8-15/h4-6,9-12,15H,1-3,7-8H2,(H,21,25)(H,22,24). The van der Waals surface area contributed by atoms with E-state index in [4.69, 9.17) is 0 Å². The zero-order valence-corrected chi connectivity index (χ0v) is 13.9. The number of nitrogens with one attached hydrogen (secondary N) is 2. The second-order valence-corrected chi connectivity index (χ2v) is 6.54. The van der Waals surface area contributed by atoms with Gasteiger partial charge < -0.3 is 5.32 Å². The van der Waals surface area contributed by atoms with Gasteiger partial charge in [-0.15, -0.1) is 0 Å². The maximum absolute atomic E-state index is 12.6. The van der Waals surface area contributed by atoms with Gasteiger partial charge >= 0.3 is 0 Å². The highest BCUT2D eigenvalue weighted by atomic mass is 16.1. The Bertz CT molecular complexity index is 967. The molecule has 4 rings (SSSR count). The van der Waals surface area contributed by atoms with Gasteiger partial charge in [-0.25, -0.2) is 9.50 Å². The SMILES string of the molecule is O=C(NC1CCCCC1)c1cccc(-c2cnc3ccc(=O)[nH]n23)c1. The van der Waals surface area contributed by atoms with Crippen LogP contribution in [0.4, 0.5) is 0 Å². The van der Waals surface area contributed by atoms with Gasteiger partial charge in [-0.2, -0.15) is 0 Å². The van der Waals surface area contributed by atoms with E-state index in [1.54, 1.807) is 16.8 Å². The number of carbonyl (C=O) groups excluding carboxylic acids is 1. The van der Waals surface area contributed by atoms with Crippen LogP contribution >= 0.6 is 0 Å². The van der Waals surface area contributed by atoms with E-state index in [1.807, 2.05) is 24.3 Å². The minimum atomic E-state index is -0.196. The highest BCUT2D eigenvalue weighted by molar-refractivity contribution is 5.95. The number of aromatic amines is 1. The molecule has 1 saturated carbocycles. The van der Waals surface area contributed by atoms with E-state index in [0.29, 0.717) is 11.2 Å². The van der Waals surface area contributed by atoms with Gasteiger partial charge in [-0.05, 0) is 31.0 Å². The molecular formula is C19H20N4O2. The van der Waals surface area contributed by atoms with Gasteiger partial charge in [0.2, 0.25) is 0 Å². The minimum Gasteiger partial charge on any atom is -0.349 e. The van der Waals surface area contributed by atoms with Crippen molar-refractivity contribution in [2.75, 3.05) is 0 Å². The highest BCUT2D eigenvalue weighted by Crippen LogP contribution is 2.22. The molecule has 6 nitrogen and oxygen atoms in total. The normalized spacial score (nSPS) is 15.4. The fraction of sp³-hybridized carbons (Fsp3) is 0.316. The Balaban J connectivity index is 1.63. The summed E-state index contributed by atoms with van der Waals surface area (Å²) in [6.07, 6.45) is 7.43. The third-order valence-corrected chi connectivity index (χ3v) is 4.76. The molecule has 0 bridgehead atoms. The quantitative estimate of drug-likeness (QED) is 0.772. The lowest BCUT2D eigenvalue weighted by Crippen LogP contribution is -2.36. The van der Waals surface area contributed by atoms with Crippen LogP contribution in [0, 0.1) is 0 Å². The molecule has 0 atom stereocenters. The summed E-state index contributed by atoms with van der Waals surface area (Å²) in [5, 5.41) is 5.88. The predicted molar refractivity (Wildman–Crippen MR) is 95.6 cm³/mol. The lowest BCUT2D eigenvalue weighted by atomic mass is 9.95. The van der Waals surface area contributed by atoms with Gasteiger partial charge in [0.25, 0.3) is 11.5 Å². The van der Waals surface area contributed by atoms with Gasteiger partial charge in [0.05, 0.1) is 11.9 Å². The van der Waals surface area contributed by atoms with Crippen LogP contribution in [-0.4, -0.2) is 26.5 Å². The number of benzene rings is 1. The van der Waals surface area contributed by atoms with Gasteiger partial charge in [0.1, 0.15) is 0 Å². The van der Waals surface area contributed by atoms with Crippen LogP contribution in [-0.2, 0) is 0 Å². The molecule has 0 unspecified atom stereocenters. The van der Waals surface area contributed by atoms with Crippen LogP contribution < -0.4 is 10.9 Å². The summed E-state index contributed by atoms with van der Waals surface area (Å²) < 4.78 is 1.64. The Morgan fingerprint density at radius 2 is 2.00 bits per heavy atom. The van der Waals surface area contributed by atoms with Crippen LogP contribution in [0.15, 0.2) is 47.4 Å². The minimum absolute atomic E-state index is 0.0453. The average molecular weight is 336 g/mol. The number of aromatic nitrogens is 3. The molecule has 1 fully saturated rings. The van der Waals surface area contributed by atoms with Gasteiger partial charge in [-0.3, -0.25) is 14.7 Å². The molecule has 1 amide bonds. The van der Waals surface area contributed by atoms with Crippen molar-refractivity contribution < 1.29 is 4.79 Å². The number of hydrogen-bond donors (Lipinski definition) is 2. The molecule has 6 heteroatoms. The summed E-state index contributed by atoms with van der Waals surface area (Å²) in [6, 6.07) is 10.8. The van der Waals surface area contributed by atoms with Gasteiger partial charge in [0, 0.05) is 23.2 Å². The van der Waals surface area contributed by atoms with Crippen molar-refractivity contribution in [3.8, 4) is 11.3 Å². The number of amides is 1. The third-order valence-electron chi connectivity index (χ3n) is 4.76. The number of H-pyrrole nitrogens is 1. The maximum atomic E-state index is 12.6. The van der Waals surface area contributed by atoms with Crippen molar-refractivity contribution in [3.05, 3.63) is 58.5 Å². The largest absolute Gasteiger partial charge is 0.349 e. The summed E-state index contributed by atoms with van der Waals surface area (Å²) in [4.78, 5) is 28.5. The molecule has 1 aromatic carbocycles. The topological polar surface area (TPSA) is 79.3 Å². The second kappa shape index (κ2) is 6.55. The van der Waals surface area contributed by atoms with E-state index >= 15 is 0 Å². The number of hydrogen-bond acceptors (Lipinski definition) is 3. The molecule has 0 spiro atoms. The molecule has 2 N–H and O–H groups in total. The molecule has 0 saturated heterocycles. The Labute approximate surface area is 144 Å². The van der Waals surface area contributed by atoms with Crippen molar-refractivity contribution in [1.82, 2.24) is 19.9 Å². The van der Waals surface area contributed by atoms with Gasteiger partial charge in [-0.1, -0.05) is 31.4 Å². The Morgan fingerprint density at radius 3 is 2.84 bits per heavy atom. The summed E-state index contributed by atoms with van der Waals surface area (Å²) in [5.74, 6) is -0.0453. The molecule has 25 heavy (non-hydrogen) atoms. The molecule has 1 aliphatic carbocycles. The number of imidazole rings is 1. The first-order valence-corrected chi connectivity index (χ1v) is 8.69. The Morgan fingerprint density at radius 1 is 1.16 bits per heavy atom. The fourth-order valence-electron chi connectivity index (χ4n) is 3.44. The summed E-state index contributed by atoms with van der Waals surface area (Å²) in [7, 11) is 0. The first kappa shape index (κ1) is 15.6. The molecule has 2 heterocycles. The van der Waals surface area contributed by atoms with Crippen LogP contribution in [0.1, 0.15) is 42.5 Å². The summed E-state index contributed by atoms with van der Waals surface area (Å²) in [6.45, 7) is 0. The second-order valence-electron chi connectivity index (χ2n) is 6.54. The monoisotopic (exact) mass is 336 g/mol. The Hall–Kier alpha value is -2.89. The molecule has 3 aromatic rings. The summed E-state index contributed by atoms with van der Waals surface area (Å²) in [5.41, 5.74) is 2.67. The molecule has 1 aliphatic rings. The van der Waals surface area contributed by atoms with E-state index < -0.39 is 0 Å². The molecule has 0 radical (unpaired) electrons. The van der Waals surface area contributed by atoms with Crippen LogP contribution in [0.3, 0.4) is 0 Å². The summed E-state index contributed by atoms with van der Waals surface area (Å²) >= 11 is 0. The highest BCUT2D eigenvalue weighted by Gasteiger charge is 2.17. The smallest absolute Gasteiger partial charge is 0.263 e. The predicted octanol–water partition coefficient (Wildman–Crippen LogP) is 2.75. The van der Waals surface area contributed by atoms with E-state index in [9.17, 15) is 9.59 Å². The zero-order chi connectivity index (χ0) is 17.2. The number of nitrogens with zero attached hydrogens (tertiary/aromatic N) is 2. The Kier molecular flexibility index (Phi) is 4.09. The maximum Gasteiger partial charge on any atom is 0.263 e. The number of fused-ring (bicyclic) bond motifs is 1. The molecule has 0 aliphatic heterocycles. The lowest BCUT2D eigenvalue weighted by molar-refractivity contribution is 0.0928. The average Bonchev–Trinajstić information content (AvgIpc) is 3.05. The van der Waals surface area contributed by atoms with Crippen LogP contribution in [0.25, 0.3) is 16.9 Å². The zero-order valence-electron chi connectivity index (χ0n) is 13.9. The van der Waals surface area contributed by atoms with E-state index in [1.165, 1.54) is 25.3 Å². The van der Waals surface area contributed by atoms with E-state index in [0.717, 1.165) is 24.1 Å². The molecule has 2 aromatic heterocycles. The lowest BCUT2D eigenvalue weighted by Gasteiger charge is -2.22.